The van der Waals surface area contributed by atoms with Gasteiger partial charge in [-0.15, -0.1) is 0 Å². The molecule has 1 N–H and O–H groups in total. The maximum absolute atomic E-state index is 13.4. The van der Waals surface area contributed by atoms with Crippen LogP contribution in [0.2, 0.25) is 0 Å². The number of ether oxygens (including phenoxy) is 2. The molecule has 0 aliphatic carbocycles. The summed E-state index contributed by atoms with van der Waals surface area (Å²) < 4.78 is 10.4. The summed E-state index contributed by atoms with van der Waals surface area (Å²) in [5.41, 5.74) is 1.69. The Balaban J connectivity index is 1.59. The Morgan fingerprint density at radius 1 is 1.00 bits per heavy atom. The number of carbonyl (C=O) groups is 3. The molecular weight excluding hydrogens is 436 g/mol. The van der Waals surface area contributed by atoms with Crippen LogP contribution >= 0.6 is 0 Å². The van der Waals surface area contributed by atoms with Crippen molar-refractivity contribution in [3.63, 3.8) is 0 Å². The van der Waals surface area contributed by atoms with Crippen LogP contribution in [0.15, 0.2) is 73.1 Å². The molecule has 4 rings (SSSR count). The monoisotopic (exact) mass is 460 g/mol. The van der Waals surface area contributed by atoms with Gasteiger partial charge in [-0.2, -0.15) is 0 Å². The summed E-state index contributed by atoms with van der Waals surface area (Å²) in [6.07, 6.45) is 3.06. The van der Waals surface area contributed by atoms with Crippen LogP contribution in [-0.4, -0.2) is 48.0 Å². The van der Waals surface area contributed by atoms with E-state index in [9.17, 15) is 14.4 Å². The molecule has 9 heteroatoms. The number of urea groups is 1. The van der Waals surface area contributed by atoms with Crippen molar-refractivity contribution in [3.8, 4) is 11.5 Å². The molecule has 1 fully saturated rings. The molecule has 1 aromatic heterocycles. The zero-order chi connectivity index (χ0) is 24.1. The Morgan fingerprint density at radius 2 is 1.76 bits per heavy atom. The largest absolute Gasteiger partial charge is 0.497 e. The van der Waals surface area contributed by atoms with Crippen molar-refractivity contribution < 1.29 is 23.9 Å². The van der Waals surface area contributed by atoms with Crippen LogP contribution in [0, 0.1) is 0 Å². The van der Waals surface area contributed by atoms with Gasteiger partial charge in [0.15, 0.2) is 0 Å². The average Bonchev–Trinajstić information content (AvgIpc) is 3.09. The smallest absolute Gasteiger partial charge is 0.332 e. The molecule has 1 aliphatic heterocycles. The quantitative estimate of drug-likeness (QED) is 0.517. The summed E-state index contributed by atoms with van der Waals surface area (Å²) in [5, 5.41) is 2.78. The lowest BCUT2D eigenvalue weighted by Gasteiger charge is -2.21. The molecule has 1 atom stereocenters. The number of amides is 4. The predicted molar refractivity (Wildman–Crippen MR) is 126 cm³/mol. The van der Waals surface area contributed by atoms with Crippen molar-refractivity contribution in [1.82, 2.24) is 9.88 Å². The molecule has 2 aromatic carbocycles. The maximum atomic E-state index is 13.4. The molecule has 1 saturated heterocycles. The lowest BCUT2D eigenvalue weighted by atomic mass is 10.1. The van der Waals surface area contributed by atoms with Gasteiger partial charge in [-0.3, -0.25) is 14.6 Å². The third kappa shape index (κ3) is 4.83. The molecule has 0 unspecified atom stereocenters. The fourth-order valence-electron chi connectivity index (χ4n) is 3.75. The zero-order valence-electron chi connectivity index (χ0n) is 18.8. The topological polar surface area (TPSA) is 101 Å². The van der Waals surface area contributed by atoms with Gasteiger partial charge in [0, 0.05) is 30.7 Å². The lowest BCUT2D eigenvalue weighted by Crippen LogP contribution is -2.37. The van der Waals surface area contributed by atoms with E-state index in [0.29, 0.717) is 22.9 Å². The number of nitrogens with zero attached hydrogens (tertiary/aromatic N) is 3. The predicted octanol–water partition coefficient (Wildman–Crippen LogP) is 3.47. The molecule has 1 aliphatic rings. The Bertz CT molecular complexity index is 1180. The number of nitrogens with one attached hydrogen (secondary N) is 1. The molecule has 4 amide bonds. The second-order valence-corrected chi connectivity index (χ2v) is 7.64. The van der Waals surface area contributed by atoms with Crippen molar-refractivity contribution >= 4 is 29.2 Å². The van der Waals surface area contributed by atoms with Crippen LogP contribution in [0.3, 0.4) is 0 Å². The first-order chi connectivity index (χ1) is 16.5. The Labute approximate surface area is 196 Å². The number of pyridine rings is 1. The average molecular weight is 460 g/mol. The zero-order valence-corrected chi connectivity index (χ0v) is 18.8. The summed E-state index contributed by atoms with van der Waals surface area (Å²) in [7, 11) is 3.06. The van der Waals surface area contributed by atoms with Gasteiger partial charge in [-0.05, 0) is 48.0 Å². The molecule has 174 valence electrons. The van der Waals surface area contributed by atoms with E-state index in [0.717, 1.165) is 10.5 Å². The van der Waals surface area contributed by atoms with Gasteiger partial charge < -0.3 is 19.7 Å². The minimum Gasteiger partial charge on any atom is -0.497 e. The number of hydrogen-bond acceptors (Lipinski definition) is 6. The molecule has 0 radical (unpaired) electrons. The third-order valence-corrected chi connectivity index (χ3v) is 5.46. The summed E-state index contributed by atoms with van der Waals surface area (Å²) in [5.74, 6) is 0.302. The van der Waals surface area contributed by atoms with Gasteiger partial charge in [0.05, 0.1) is 26.3 Å². The fraction of sp³-hybridized carbons (Fsp3) is 0.200. The number of benzene rings is 2. The molecule has 0 saturated carbocycles. The number of methoxy groups -OCH3 is 2. The van der Waals surface area contributed by atoms with E-state index >= 15 is 0 Å². The van der Waals surface area contributed by atoms with Crippen LogP contribution in [0.25, 0.3) is 0 Å². The molecule has 2 heterocycles. The van der Waals surface area contributed by atoms with Crippen molar-refractivity contribution in [3.05, 3.63) is 78.6 Å². The van der Waals surface area contributed by atoms with Gasteiger partial charge in [0.1, 0.15) is 17.5 Å². The Hall–Kier alpha value is -4.40. The lowest BCUT2D eigenvalue weighted by molar-refractivity contribution is -0.124. The summed E-state index contributed by atoms with van der Waals surface area (Å²) in [6.45, 7) is 0.138. The Morgan fingerprint density at radius 3 is 2.44 bits per heavy atom. The fourth-order valence-corrected chi connectivity index (χ4v) is 3.75. The highest BCUT2D eigenvalue weighted by atomic mass is 16.5. The van der Waals surface area contributed by atoms with E-state index in [1.165, 1.54) is 12.0 Å². The first kappa shape index (κ1) is 22.8. The minimum atomic E-state index is -0.975. The van der Waals surface area contributed by atoms with Gasteiger partial charge in [0.2, 0.25) is 5.91 Å². The van der Waals surface area contributed by atoms with Crippen LogP contribution in [0.5, 0.6) is 11.5 Å². The van der Waals surface area contributed by atoms with E-state index in [1.54, 1.807) is 74.1 Å². The summed E-state index contributed by atoms with van der Waals surface area (Å²) in [4.78, 5) is 46.2. The second-order valence-electron chi connectivity index (χ2n) is 7.64. The molecule has 9 nitrogen and oxygen atoms in total. The molecule has 0 spiro atoms. The van der Waals surface area contributed by atoms with Crippen molar-refractivity contribution in [2.24, 2.45) is 0 Å². The van der Waals surface area contributed by atoms with Crippen LogP contribution in [0.4, 0.5) is 16.2 Å². The number of carbonyl (C=O) groups excluding carboxylic acids is 3. The minimum absolute atomic E-state index is 0.138. The van der Waals surface area contributed by atoms with E-state index < -0.39 is 18.0 Å². The van der Waals surface area contributed by atoms with Gasteiger partial charge in [-0.1, -0.05) is 12.1 Å². The number of aromatic nitrogens is 1. The highest BCUT2D eigenvalue weighted by molar-refractivity contribution is 6.22. The number of anilines is 2. The standard InChI is InChI=1S/C25H24N4O5/c1-33-20-10-8-18(9-11-20)27-23(30)14-22-24(31)29(19-6-3-7-21(13-19)34-2)25(32)28(22)16-17-5-4-12-26-15-17/h3-13,15,22H,14,16H2,1-2H3,(H,27,30)/t22-/m0/s1. The third-order valence-electron chi connectivity index (χ3n) is 5.46. The highest BCUT2D eigenvalue weighted by Gasteiger charge is 2.46. The first-order valence-electron chi connectivity index (χ1n) is 10.6. The summed E-state index contributed by atoms with van der Waals surface area (Å²) >= 11 is 0. The van der Waals surface area contributed by atoms with Crippen molar-refractivity contribution in [1.29, 1.82) is 0 Å². The van der Waals surface area contributed by atoms with E-state index in [-0.39, 0.29) is 18.9 Å². The van der Waals surface area contributed by atoms with E-state index in [4.69, 9.17) is 9.47 Å². The maximum Gasteiger partial charge on any atom is 0.332 e. The van der Waals surface area contributed by atoms with Gasteiger partial charge in [-0.25, -0.2) is 9.69 Å². The second kappa shape index (κ2) is 10.0. The molecule has 3 aromatic rings. The van der Waals surface area contributed by atoms with Crippen LogP contribution in [-0.2, 0) is 16.1 Å². The number of rotatable bonds is 8. The highest BCUT2D eigenvalue weighted by Crippen LogP contribution is 2.30. The molecular formula is C25H24N4O5. The summed E-state index contributed by atoms with van der Waals surface area (Å²) in [6, 6.07) is 15.6. The number of imide groups is 1. The van der Waals surface area contributed by atoms with Gasteiger partial charge >= 0.3 is 6.03 Å². The Kier molecular flexibility index (Phi) is 6.72. The number of hydrogen-bond donors (Lipinski definition) is 1. The van der Waals surface area contributed by atoms with Crippen LogP contribution < -0.4 is 19.7 Å². The van der Waals surface area contributed by atoms with E-state index in [2.05, 4.69) is 10.3 Å². The van der Waals surface area contributed by atoms with Crippen molar-refractivity contribution in [2.75, 3.05) is 24.4 Å². The normalized spacial score (nSPS) is 15.4. The molecule has 34 heavy (non-hydrogen) atoms. The van der Waals surface area contributed by atoms with Crippen LogP contribution in [0.1, 0.15) is 12.0 Å². The first-order valence-corrected chi connectivity index (χ1v) is 10.6. The van der Waals surface area contributed by atoms with Crippen molar-refractivity contribution in [2.45, 2.75) is 19.0 Å². The molecule has 0 bridgehead atoms. The van der Waals surface area contributed by atoms with E-state index in [1.807, 2.05) is 6.07 Å². The van der Waals surface area contributed by atoms with Gasteiger partial charge in [0.25, 0.3) is 5.91 Å². The SMILES string of the molecule is COc1ccc(NC(=O)C[C@H]2C(=O)N(c3cccc(OC)c3)C(=O)N2Cc2cccnc2)cc1.